The maximum absolute atomic E-state index is 12.1. The summed E-state index contributed by atoms with van der Waals surface area (Å²) < 4.78 is 6.93. The van der Waals surface area contributed by atoms with Crippen LogP contribution in [-0.2, 0) is 13.0 Å². The number of carbonyl (C=O) groups excluding carboxylic acids is 1. The molecule has 0 unspecified atom stereocenters. The molecule has 0 radical (unpaired) electrons. The zero-order valence-corrected chi connectivity index (χ0v) is 12.0. The summed E-state index contributed by atoms with van der Waals surface area (Å²) in [7, 11) is 1.65. The predicted molar refractivity (Wildman–Crippen MR) is 78.2 cm³/mol. The lowest BCUT2D eigenvalue weighted by Crippen LogP contribution is -2.01. The third-order valence-corrected chi connectivity index (χ3v) is 3.21. The topological polar surface area (TPSA) is 44.1 Å². The number of methoxy groups -OCH3 is 1. The van der Waals surface area contributed by atoms with E-state index in [0.717, 1.165) is 30.7 Å². The molecule has 106 valence electrons. The number of ketones is 1. The van der Waals surface area contributed by atoms with Crippen LogP contribution in [0.3, 0.4) is 0 Å². The molecular weight excluding hydrogens is 252 g/mol. The van der Waals surface area contributed by atoms with Crippen molar-refractivity contribution in [3.8, 4) is 5.75 Å². The molecule has 0 saturated heterocycles. The van der Waals surface area contributed by atoms with E-state index in [4.69, 9.17) is 4.74 Å². The summed E-state index contributed by atoms with van der Waals surface area (Å²) in [6.07, 6.45) is 5.75. The fourth-order valence-electron chi connectivity index (χ4n) is 2.05. The molecule has 1 aromatic carbocycles. The molecule has 0 aliphatic rings. The van der Waals surface area contributed by atoms with Crippen molar-refractivity contribution in [1.82, 2.24) is 9.78 Å². The van der Waals surface area contributed by atoms with E-state index >= 15 is 0 Å². The van der Waals surface area contributed by atoms with Crippen molar-refractivity contribution in [3.05, 3.63) is 47.8 Å². The van der Waals surface area contributed by atoms with Crippen molar-refractivity contribution in [2.24, 2.45) is 0 Å². The standard InChI is InChI=1S/C16H20N2O2/c1-3-10-18-12-14(11-17-18)16(19)9-6-13-4-7-15(20-2)8-5-13/h4-5,7-8,11-12H,3,6,9-10H2,1-2H3. The Kier molecular flexibility index (Phi) is 4.93. The minimum Gasteiger partial charge on any atom is -0.497 e. The summed E-state index contributed by atoms with van der Waals surface area (Å²) in [4.78, 5) is 12.1. The summed E-state index contributed by atoms with van der Waals surface area (Å²) >= 11 is 0. The Morgan fingerprint density at radius 1 is 1.30 bits per heavy atom. The first-order valence-electron chi connectivity index (χ1n) is 6.91. The first kappa shape index (κ1) is 14.3. The number of benzene rings is 1. The smallest absolute Gasteiger partial charge is 0.166 e. The maximum Gasteiger partial charge on any atom is 0.166 e. The number of carbonyl (C=O) groups is 1. The lowest BCUT2D eigenvalue weighted by Gasteiger charge is -2.02. The summed E-state index contributed by atoms with van der Waals surface area (Å²) in [5.74, 6) is 0.976. The van der Waals surface area contributed by atoms with Gasteiger partial charge in [0, 0.05) is 19.2 Å². The Balaban J connectivity index is 1.90. The molecular formula is C16H20N2O2. The Morgan fingerprint density at radius 2 is 2.05 bits per heavy atom. The van der Waals surface area contributed by atoms with Gasteiger partial charge in [0.2, 0.25) is 0 Å². The molecule has 0 bridgehead atoms. The SMILES string of the molecule is CCCn1cc(C(=O)CCc2ccc(OC)cc2)cn1. The maximum atomic E-state index is 12.1. The number of rotatable bonds is 7. The second-order valence-corrected chi connectivity index (χ2v) is 4.76. The van der Waals surface area contributed by atoms with Crippen LogP contribution in [0.4, 0.5) is 0 Å². The molecule has 4 heteroatoms. The lowest BCUT2D eigenvalue weighted by molar-refractivity contribution is 0.0982. The molecule has 0 atom stereocenters. The molecule has 1 heterocycles. The van der Waals surface area contributed by atoms with Crippen molar-refractivity contribution in [2.75, 3.05) is 7.11 Å². The van der Waals surface area contributed by atoms with Gasteiger partial charge >= 0.3 is 0 Å². The average molecular weight is 272 g/mol. The minimum atomic E-state index is 0.142. The molecule has 0 aliphatic carbocycles. The molecule has 1 aromatic heterocycles. The van der Waals surface area contributed by atoms with E-state index in [1.54, 1.807) is 13.3 Å². The van der Waals surface area contributed by atoms with E-state index in [2.05, 4.69) is 12.0 Å². The molecule has 20 heavy (non-hydrogen) atoms. The largest absolute Gasteiger partial charge is 0.497 e. The first-order chi connectivity index (χ1) is 9.72. The number of aromatic nitrogens is 2. The van der Waals surface area contributed by atoms with E-state index < -0.39 is 0 Å². The number of aryl methyl sites for hydroxylation is 2. The summed E-state index contributed by atoms with van der Waals surface area (Å²) in [5, 5.41) is 4.18. The van der Waals surface area contributed by atoms with E-state index in [-0.39, 0.29) is 5.78 Å². The molecule has 2 rings (SSSR count). The van der Waals surface area contributed by atoms with Gasteiger partial charge in [-0.25, -0.2) is 0 Å². The number of Topliss-reactive ketones (excluding diaryl/α,β-unsaturated/α-hetero) is 1. The third kappa shape index (κ3) is 3.70. The van der Waals surface area contributed by atoms with Crippen LogP contribution in [0.25, 0.3) is 0 Å². The fraction of sp³-hybridized carbons (Fsp3) is 0.375. The van der Waals surface area contributed by atoms with Crippen molar-refractivity contribution < 1.29 is 9.53 Å². The number of nitrogens with zero attached hydrogens (tertiary/aromatic N) is 2. The van der Waals surface area contributed by atoms with Crippen LogP contribution in [0.15, 0.2) is 36.7 Å². The first-order valence-corrected chi connectivity index (χ1v) is 6.91. The highest BCUT2D eigenvalue weighted by Crippen LogP contribution is 2.14. The molecule has 2 aromatic rings. The Labute approximate surface area is 119 Å². The molecule has 0 amide bonds. The summed E-state index contributed by atoms with van der Waals surface area (Å²) in [5.41, 5.74) is 1.84. The van der Waals surface area contributed by atoms with Gasteiger partial charge in [0.05, 0.1) is 18.9 Å². The van der Waals surface area contributed by atoms with Gasteiger partial charge < -0.3 is 4.74 Å². The van der Waals surface area contributed by atoms with E-state index in [1.807, 2.05) is 35.1 Å². The van der Waals surface area contributed by atoms with Crippen LogP contribution < -0.4 is 4.74 Å². The van der Waals surface area contributed by atoms with Gasteiger partial charge in [-0.15, -0.1) is 0 Å². The van der Waals surface area contributed by atoms with Crippen LogP contribution >= 0.6 is 0 Å². The van der Waals surface area contributed by atoms with Gasteiger partial charge in [0.25, 0.3) is 0 Å². The highest BCUT2D eigenvalue weighted by atomic mass is 16.5. The summed E-state index contributed by atoms with van der Waals surface area (Å²) in [6.45, 7) is 2.94. The van der Waals surface area contributed by atoms with Gasteiger partial charge in [-0.2, -0.15) is 5.10 Å². The van der Waals surface area contributed by atoms with Crippen LogP contribution in [0.5, 0.6) is 5.75 Å². The molecule has 0 aliphatic heterocycles. The molecule has 0 fully saturated rings. The van der Waals surface area contributed by atoms with Gasteiger partial charge in [-0.05, 0) is 30.5 Å². The van der Waals surface area contributed by atoms with E-state index in [0.29, 0.717) is 12.0 Å². The second-order valence-electron chi connectivity index (χ2n) is 4.76. The normalized spacial score (nSPS) is 10.5. The Hall–Kier alpha value is -2.10. The zero-order valence-electron chi connectivity index (χ0n) is 12.0. The van der Waals surface area contributed by atoms with Crippen LogP contribution in [-0.4, -0.2) is 22.7 Å². The van der Waals surface area contributed by atoms with Crippen molar-refractivity contribution >= 4 is 5.78 Å². The molecule has 0 spiro atoms. The second kappa shape index (κ2) is 6.89. The number of hydrogen-bond donors (Lipinski definition) is 0. The monoisotopic (exact) mass is 272 g/mol. The highest BCUT2D eigenvalue weighted by Gasteiger charge is 2.09. The van der Waals surface area contributed by atoms with Gasteiger partial charge in [-0.3, -0.25) is 9.48 Å². The summed E-state index contributed by atoms with van der Waals surface area (Å²) in [6, 6.07) is 7.82. The zero-order chi connectivity index (χ0) is 14.4. The highest BCUT2D eigenvalue weighted by molar-refractivity contribution is 5.95. The van der Waals surface area contributed by atoms with Gasteiger partial charge in [0.1, 0.15) is 5.75 Å². The van der Waals surface area contributed by atoms with Crippen molar-refractivity contribution in [2.45, 2.75) is 32.7 Å². The quantitative estimate of drug-likeness (QED) is 0.727. The number of hydrogen-bond acceptors (Lipinski definition) is 3. The van der Waals surface area contributed by atoms with Crippen LogP contribution in [0, 0.1) is 0 Å². The Morgan fingerprint density at radius 3 is 2.70 bits per heavy atom. The van der Waals surface area contributed by atoms with Crippen LogP contribution in [0.2, 0.25) is 0 Å². The lowest BCUT2D eigenvalue weighted by atomic mass is 10.0. The van der Waals surface area contributed by atoms with Crippen LogP contribution in [0.1, 0.15) is 35.7 Å². The van der Waals surface area contributed by atoms with Gasteiger partial charge in [0.15, 0.2) is 5.78 Å². The molecule has 0 N–H and O–H groups in total. The fourth-order valence-corrected chi connectivity index (χ4v) is 2.05. The molecule has 4 nitrogen and oxygen atoms in total. The minimum absolute atomic E-state index is 0.142. The van der Waals surface area contributed by atoms with Gasteiger partial charge in [-0.1, -0.05) is 19.1 Å². The number of ether oxygens (including phenoxy) is 1. The third-order valence-electron chi connectivity index (χ3n) is 3.21. The van der Waals surface area contributed by atoms with E-state index in [1.165, 1.54) is 0 Å². The van der Waals surface area contributed by atoms with Crippen molar-refractivity contribution in [3.63, 3.8) is 0 Å². The van der Waals surface area contributed by atoms with Crippen molar-refractivity contribution in [1.29, 1.82) is 0 Å². The average Bonchev–Trinajstić information content (AvgIpc) is 2.94. The predicted octanol–water partition coefficient (Wildman–Crippen LogP) is 3.12. The molecule has 0 saturated carbocycles. The Bertz CT molecular complexity index is 558. The van der Waals surface area contributed by atoms with E-state index in [9.17, 15) is 4.79 Å².